The van der Waals surface area contributed by atoms with Gasteiger partial charge in [0.1, 0.15) is 11.3 Å². The minimum atomic E-state index is -0.974. The number of benzene rings is 1. The van der Waals surface area contributed by atoms with Crippen LogP contribution in [0.25, 0.3) is 0 Å². The fourth-order valence-corrected chi connectivity index (χ4v) is 3.81. The summed E-state index contributed by atoms with van der Waals surface area (Å²) in [5.74, 6) is -0.553. The Balaban J connectivity index is 1.41. The van der Waals surface area contributed by atoms with Gasteiger partial charge in [-0.2, -0.15) is 0 Å². The number of nitrogens with one attached hydrogen (secondary N) is 2. The second kappa shape index (κ2) is 9.15. The van der Waals surface area contributed by atoms with Crippen LogP contribution < -0.4 is 15.4 Å². The molecule has 1 atom stereocenters. The molecule has 1 aliphatic heterocycles. The van der Waals surface area contributed by atoms with Crippen molar-refractivity contribution < 1.29 is 28.7 Å². The summed E-state index contributed by atoms with van der Waals surface area (Å²) in [4.78, 5) is 50.1. The van der Waals surface area contributed by atoms with E-state index in [1.165, 1.54) is 11.8 Å². The molecule has 1 spiro atoms. The second-order valence-corrected chi connectivity index (χ2v) is 7.63. The summed E-state index contributed by atoms with van der Waals surface area (Å²) in [7, 11) is 1.55. The molecule has 2 fully saturated rings. The highest BCUT2D eigenvalue weighted by Gasteiger charge is 2.52. The first-order chi connectivity index (χ1) is 14.3. The maximum atomic E-state index is 12.6. The lowest BCUT2D eigenvalue weighted by atomic mass is 9.98. The predicted octanol–water partition coefficient (Wildman–Crippen LogP) is 2.21. The molecule has 1 saturated heterocycles. The number of ether oxygens (including phenoxy) is 2. The van der Waals surface area contributed by atoms with Gasteiger partial charge in [0, 0.05) is 18.7 Å². The average molecular weight is 417 g/mol. The molecule has 0 aromatic heterocycles. The molecule has 1 heterocycles. The van der Waals surface area contributed by atoms with Crippen LogP contribution in [0.1, 0.15) is 45.4 Å². The number of carbonyl (C=O) groups excluding carboxylic acids is 4. The van der Waals surface area contributed by atoms with Crippen molar-refractivity contribution in [3.8, 4) is 5.75 Å². The maximum Gasteiger partial charge on any atom is 0.325 e. The summed E-state index contributed by atoms with van der Waals surface area (Å²) in [6.45, 7) is 1.63. The van der Waals surface area contributed by atoms with E-state index in [0.29, 0.717) is 24.3 Å². The van der Waals surface area contributed by atoms with Crippen LogP contribution in [0.2, 0.25) is 0 Å². The number of urea groups is 1. The first-order valence-corrected chi connectivity index (χ1v) is 10.1. The number of methoxy groups -OCH3 is 1. The standard InChI is InChI=1S/C21H27N3O6/c1-14(18(26)22-15-7-9-16(29-2)10-8-15)30-17(25)6-5-13-24-19(27)21(23-20(24)28)11-3-4-12-21/h7-10,14H,3-6,11-13H2,1-2H3,(H,22,26)(H,23,28)/t14-/m0/s1. The molecule has 2 aliphatic rings. The average Bonchev–Trinajstić information content (AvgIpc) is 3.28. The van der Waals surface area contributed by atoms with Crippen molar-refractivity contribution >= 4 is 29.5 Å². The third-order valence-electron chi connectivity index (χ3n) is 5.50. The fraction of sp³-hybridized carbons (Fsp3) is 0.524. The molecule has 0 bridgehead atoms. The largest absolute Gasteiger partial charge is 0.497 e. The molecule has 1 aliphatic carbocycles. The Hall–Kier alpha value is -3.10. The Morgan fingerprint density at radius 1 is 1.20 bits per heavy atom. The quantitative estimate of drug-likeness (QED) is 0.495. The molecular weight excluding hydrogens is 390 g/mol. The number of rotatable bonds is 8. The smallest absolute Gasteiger partial charge is 0.325 e. The van der Waals surface area contributed by atoms with Crippen molar-refractivity contribution in [2.45, 2.75) is 57.1 Å². The highest BCUT2D eigenvalue weighted by atomic mass is 16.5. The van der Waals surface area contributed by atoms with Gasteiger partial charge in [0.25, 0.3) is 11.8 Å². The van der Waals surface area contributed by atoms with E-state index in [1.807, 2.05) is 0 Å². The van der Waals surface area contributed by atoms with Crippen molar-refractivity contribution in [1.29, 1.82) is 0 Å². The summed E-state index contributed by atoms with van der Waals surface area (Å²) < 4.78 is 10.2. The Morgan fingerprint density at radius 2 is 1.87 bits per heavy atom. The predicted molar refractivity (Wildman–Crippen MR) is 108 cm³/mol. The van der Waals surface area contributed by atoms with Gasteiger partial charge in [0.15, 0.2) is 6.10 Å². The lowest BCUT2D eigenvalue weighted by Gasteiger charge is -2.20. The van der Waals surface area contributed by atoms with Crippen LogP contribution in [0.3, 0.4) is 0 Å². The normalized spacial score (nSPS) is 18.3. The highest BCUT2D eigenvalue weighted by molar-refractivity contribution is 6.07. The molecule has 0 unspecified atom stereocenters. The lowest BCUT2D eigenvalue weighted by Crippen LogP contribution is -2.44. The molecule has 1 aromatic rings. The van der Waals surface area contributed by atoms with Crippen LogP contribution in [0.15, 0.2) is 24.3 Å². The molecule has 9 heteroatoms. The van der Waals surface area contributed by atoms with E-state index in [2.05, 4.69) is 10.6 Å². The molecule has 1 saturated carbocycles. The topological polar surface area (TPSA) is 114 Å². The van der Waals surface area contributed by atoms with Gasteiger partial charge in [-0.05, 0) is 50.5 Å². The van der Waals surface area contributed by atoms with Gasteiger partial charge in [0.2, 0.25) is 0 Å². The second-order valence-electron chi connectivity index (χ2n) is 7.63. The molecule has 3 rings (SSSR count). The number of hydrogen-bond donors (Lipinski definition) is 2. The SMILES string of the molecule is COc1ccc(NC(=O)[C@H](C)OC(=O)CCCN2C(=O)NC3(CCCC3)C2=O)cc1. The van der Waals surface area contributed by atoms with Crippen LogP contribution in [0.5, 0.6) is 5.75 Å². The fourth-order valence-electron chi connectivity index (χ4n) is 3.81. The zero-order valence-corrected chi connectivity index (χ0v) is 17.2. The zero-order valence-electron chi connectivity index (χ0n) is 17.2. The number of amides is 4. The number of hydrogen-bond acceptors (Lipinski definition) is 6. The summed E-state index contributed by atoms with van der Waals surface area (Å²) in [6.07, 6.45) is 2.47. The number of carbonyl (C=O) groups is 4. The van der Waals surface area contributed by atoms with Crippen LogP contribution in [-0.4, -0.2) is 54.0 Å². The summed E-state index contributed by atoms with van der Waals surface area (Å²) in [5, 5.41) is 5.47. The van der Waals surface area contributed by atoms with Crippen LogP contribution in [0.4, 0.5) is 10.5 Å². The minimum absolute atomic E-state index is 0.00418. The molecule has 0 radical (unpaired) electrons. The third-order valence-corrected chi connectivity index (χ3v) is 5.50. The van der Waals surface area contributed by atoms with E-state index < -0.39 is 29.6 Å². The van der Waals surface area contributed by atoms with Gasteiger partial charge < -0.3 is 20.1 Å². The van der Waals surface area contributed by atoms with Gasteiger partial charge >= 0.3 is 12.0 Å². The third kappa shape index (κ3) is 4.72. The van der Waals surface area contributed by atoms with Crippen molar-refractivity contribution in [2.24, 2.45) is 0 Å². The number of nitrogens with zero attached hydrogens (tertiary/aromatic N) is 1. The summed E-state index contributed by atoms with van der Waals surface area (Å²) >= 11 is 0. The van der Waals surface area contributed by atoms with E-state index in [0.717, 1.165) is 12.8 Å². The Morgan fingerprint density at radius 3 is 2.50 bits per heavy atom. The van der Waals surface area contributed by atoms with Gasteiger partial charge in [-0.1, -0.05) is 12.8 Å². The van der Waals surface area contributed by atoms with Gasteiger partial charge in [-0.25, -0.2) is 4.79 Å². The summed E-state index contributed by atoms with van der Waals surface area (Å²) in [5.41, 5.74) is -0.186. The van der Waals surface area contributed by atoms with Gasteiger partial charge in [0.05, 0.1) is 7.11 Å². The van der Waals surface area contributed by atoms with E-state index in [-0.39, 0.29) is 25.3 Å². The van der Waals surface area contributed by atoms with Crippen LogP contribution >= 0.6 is 0 Å². The van der Waals surface area contributed by atoms with E-state index >= 15 is 0 Å². The van der Waals surface area contributed by atoms with Gasteiger partial charge in [-0.3, -0.25) is 19.3 Å². The first kappa shape index (κ1) is 21.6. The van der Waals surface area contributed by atoms with Gasteiger partial charge in [-0.15, -0.1) is 0 Å². The first-order valence-electron chi connectivity index (χ1n) is 10.1. The monoisotopic (exact) mass is 417 g/mol. The van der Waals surface area contributed by atoms with E-state index in [1.54, 1.807) is 31.4 Å². The molecular formula is C21H27N3O6. The minimum Gasteiger partial charge on any atom is -0.497 e. The Kier molecular flexibility index (Phi) is 6.59. The lowest BCUT2D eigenvalue weighted by molar-refractivity contribution is -0.153. The van der Waals surface area contributed by atoms with Crippen LogP contribution in [0, 0.1) is 0 Å². The highest BCUT2D eigenvalue weighted by Crippen LogP contribution is 2.35. The van der Waals surface area contributed by atoms with E-state index in [4.69, 9.17) is 9.47 Å². The molecule has 2 N–H and O–H groups in total. The number of anilines is 1. The molecule has 4 amide bonds. The Labute approximate surface area is 175 Å². The molecule has 30 heavy (non-hydrogen) atoms. The number of esters is 1. The summed E-state index contributed by atoms with van der Waals surface area (Å²) in [6, 6.07) is 6.37. The number of imide groups is 1. The van der Waals surface area contributed by atoms with Crippen molar-refractivity contribution in [3.05, 3.63) is 24.3 Å². The van der Waals surface area contributed by atoms with Crippen molar-refractivity contribution in [3.63, 3.8) is 0 Å². The maximum absolute atomic E-state index is 12.6. The van der Waals surface area contributed by atoms with E-state index in [9.17, 15) is 19.2 Å². The van der Waals surface area contributed by atoms with Crippen molar-refractivity contribution in [2.75, 3.05) is 19.0 Å². The van der Waals surface area contributed by atoms with Crippen molar-refractivity contribution in [1.82, 2.24) is 10.2 Å². The Bertz CT molecular complexity index is 817. The zero-order chi connectivity index (χ0) is 21.7. The molecule has 9 nitrogen and oxygen atoms in total. The molecule has 1 aromatic carbocycles. The van der Waals surface area contributed by atoms with Crippen LogP contribution in [-0.2, 0) is 19.1 Å². The molecule has 162 valence electrons.